The fraction of sp³-hybridized carbons (Fsp3) is 0.200. The van der Waals surface area contributed by atoms with Gasteiger partial charge in [-0.2, -0.15) is 0 Å². The predicted molar refractivity (Wildman–Crippen MR) is 71.0 cm³/mol. The van der Waals surface area contributed by atoms with Gasteiger partial charge < -0.3 is 5.32 Å². The lowest BCUT2D eigenvalue weighted by molar-refractivity contribution is 0.288. The molecular weight excluding hydrogens is 208 g/mol. The second kappa shape index (κ2) is 4.22. The number of hydrogen-bond acceptors (Lipinski definition) is 2. The van der Waals surface area contributed by atoms with E-state index >= 15 is 0 Å². The zero-order valence-corrected chi connectivity index (χ0v) is 9.93. The summed E-state index contributed by atoms with van der Waals surface area (Å²) in [5, 5.41) is 3.44. The van der Waals surface area contributed by atoms with Crippen LogP contribution in [0.15, 0.2) is 54.6 Å². The third kappa shape index (κ3) is 1.81. The molecule has 0 amide bonds. The van der Waals surface area contributed by atoms with E-state index in [1.54, 1.807) is 0 Å². The molecule has 2 heteroatoms. The predicted octanol–water partition coefficient (Wildman–Crippen LogP) is 3.09. The molecule has 0 aromatic heterocycles. The summed E-state index contributed by atoms with van der Waals surface area (Å²) in [6.07, 6.45) is 0. The van der Waals surface area contributed by atoms with Crippen LogP contribution in [-0.4, -0.2) is 18.6 Å². The van der Waals surface area contributed by atoms with Crippen molar-refractivity contribution in [3.8, 4) is 0 Å². The Morgan fingerprint density at radius 1 is 1.00 bits per heavy atom. The van der Waals surface area contributed by atoms with Gasteiger partial charge in [-0.15, -0.1) is 0 Å². The zero-order chi connectivity index (χ0) is 11.7. The van der Waals surface area contributed by atoms with Crippen LogP contribution >= 0.6 is 0 Å². The van der Waals surface area contributed by atoms with Crippen LogP contribution < -0.4 is 5.32 Å². The molecule has 17 heavy (non-hydrogen) atoms. The SMILES string of the molecule is CN1CNc2ccccc2C1c1ccccc1. The summed E-state index contributed by atoms with van der Waals surface area (Å²) in [5.41, 5.74) is 3.95. The first-order valence-electron chi connectivity index (χ1n) is 5.94. The van der Waals surface area contributed by atoms with Gasteiger partial charge in [-0.05, 0) is 24.2 Å². The number of hydrogen-bond donors (Lipinski definition) is 1. The molecule has 0 fully saturated rings. The number of rotatable bonds is 1. The van der Waals surface area contributed by atoms with Crippen molar-refractivity contribution in [2.24, 2.45) is 0 Å². The second-order valence-electron chi connectivity index (χ2n) is 4.49. The van der Waals surface area contributed by atoms with Crippen molar-refractivity contribution < 1.29 is 0 Å². The number of fused-ring (bicyclic) bond motifs is 1. The average molecular weight is 224 g/mol. The number of benzene rings is 2. The van der Waals surface area contributed by atoms with E-state index in [2.05, 4.69) is 71.9 Å². The van der Waals surface area contributed by atoms with Gasteiger partial charge in [-0.1, -0.05) is 48.5 Å². The Hall–Kier alpha value is -1.80. The minimum atomic E-state index is 0.355. The minimum Gasteiger partial charge on any atom is -0.372 e. The Labute approximate surface area is 102 Å². The third-order valence-electron chi connectivity index (χ3n) is 3.33. The second-order valence-corrected chi connectivity index (χ2v) is 4.49. The largest absolute Gasteiger partial charge is 0.372 e. The quantitative estimate of drug-likeness (QED) is 0.800. The van der Waals surface area contributed by atoms with Crippen LogP contribution in [-0.2, 0) is 0 Å². The fourth-order valence-electron chi connectivity index (χ4n) is 2.50. The Bertz CT molecular complexity index is 507. The Morgan fingerprint density at radius 3 is 2.53 bits per heavy atom. The normalized spacial score (nSPS) is 19.5. The lowest BCUT2D eigenvalue weighted by Gasteiger charge is -2.35. The molecule has 0 radical (unpaired) electrons. The first-order valence-corrected chi connectivity index (χ1v) is 5.94. The highest BCUT2D eigenvalue weighted by atomic mass is 15.2. The van der Waals surface area contributed by atoms with Gasteiger partial charge >= 0.3 is 0 Å². The molecule has 1 heterocycles. The van der Waals surface area contributed by atoms with Gasteiger partial charge in [0, 0.05) is 5.69 Å². The molecule has 0 spiro atoms. The molecule has 0 saturated heterocycles. The van der Waals surface area contributed by atoms with E-state index in [0.717, 1.165) is 6.67 Å². The van der Waals surface area contributed by atoms with E-state index in [0.29, 0.717) is 6.04 Å². The molecule has 2 aromatic rings. The lowest BCUT2D eigenvalue weighted by Crippen LogP contribution is -2.35. The van der Waals surface area contributed by atoms with Crippen LogP contribution in [0, 0.1) is 0 Å². The van der Waals surface area contributed by atoms with Crippen LogP contribution in [0.3, 0.4) is 0 Å². The van der Waals surface area contributed by atoms with E-state index in [1.807, 2.05) is 0 Å². The minimum absolute atomic E-state index is 0.355. The first kappa shape index (κ1) is 10.4. The maximum Gasteiger partial charge on any atom is 0.0683 e. The summed E-state index contributed by atoms with van der Waals surface area (Å²) >= 11 is 0. The van der Waals surface area contributed by atoms with E-state index < -0.39 is 0 Å². The molecule has 1 aliphatic rings. The van der Waals surface area contributed by atoms with Gasteiger partial charge in [0.15, 0.2) is 0 Å². The van der Waals surface area contributed by atoms with Crippen LogP contribution in [0.1, 0.15) is 17.2 Å². The molecule has 1 atom stereocenters. The number of nitrogens with one attached hydrogen (secondary N) is 1. The van der Waals surface area contributed by atoms with Crippen molar-refractivity contribution in [1.82, 2.24) is 4.90 Å². The van der Waals surface area contributed by atoms with Crippen LogP contribution in [0.25, 0.3) is 0 Å². The van der Waals surface area contributed by atoms with Gasteiger partial charge in [0.25, 0.3) is 0 Å². The fourth-order valence-corrected chi connectivity index (χ4v) is 2.50. The number of para-hydroxylation sites is 1. The van der Waals surface area contributed by atoms with Crippen molar-refractivity contribution in [3.63, 3.8) is 0 Å². The van der Waals surface area contributed by atoms with Gasteiger partial charge in [0.1, 0.15) is 0 Å². The van der Waals surface area contributed by atoms with E-state index in [1.165, 1.54) is 16.8 Å². The summed E-state index contributed by atoms with van der Waals surface area (Å²) in [7, 11) is 2.15. The summed E-state index contributed by atoms with van der Waals surface area (Å²) < 4.78 is 0. The third-order valence-corrected chi connectivity index (χ3v) is 3.33. The van der Waals surface area contributed by atoms with Crippen molar-refractivity contribution in [2.75, 3.05) is 19.0 Å². The zero-order valence-electron chi connectivity index (χ0n) is 9.93. The molecule has 1 N–H and O–H groups in total. The Balaban J connectivity index is 2.10. The molecule has 0 saturated carbocycles. The number of nitrogens with zero attached hydrogens (tertiary/aromatic N) is 1. The highest BCUT2D eigenvalue weighted by molar-refractivity contribution is 5.56. The summed E-state index contributed by atoms with van der Waals surface area (Å²) in [5.74, 6) is 0. The maximum absolute atomic E-state index is 3.44. The highest BCUT2D eigenvalue weighted by Gasteiger charge is 2.25. The highest BCUT2D eigenvalue weighted by Crippen LogP contribution is 2.35. The molecule has 0 aliphatic carbocycles. The molecule has 0 bridgehead atoms. The van der Waals surface area contributed by atoms with Gasteiger partial charge in [0.2, 0.25) is 0 Å². The van der Waals surface area contributed by atoms with E-state index in [4.69, 9.17) is 0 Å². The molecule has 1 unspecified atom stereocenters. The summed E-state index contributed by atoms with van der Waals surface area (Å²) in [4.78, 5) is 2.33. The topological polar surface area (TPSA) is 15.3 Å². The lowest BCUT2D eigenvalue weighted by atomic mass is 9.95. The van der Waals surface area contributed by atoms with E-state index in [-0.39, 0.29) is 0 Å². The monoisotopic (exact) mass is 224 g/mol. The van der Waals surface area contributed by atoms with Gasteiger partial charge in [-0.3, -0.25) is 4.90 Å². The van der Waals surface area contributed by atoms with Crippen LogP contribution in [0.5, 0.6) is 0 Å². The van der Waals surface area contributed by atoms with Gasteiger partial charge in [0.05, 0.1) is 12.7 Å². The molecule has 3 rings (SSSR count). The van der Waals surface area contributed by atoms with Gasteiger partial charge in [-0.25, -0.2) is 0 Å². The molecule has 86 valence electrons. The maximum atomic E-state index is 3.44. The smallest absolute Gasteiger partial charge is 0.0683 e. The molecule has 2 aromatic carbocycles. The number of anilines is 1. The first-order chi connectivity index (χ1) is 8.36. The van der Waals surface area contributed by atoms with Crippen molar-refractivity contribution in [1.29, 1.82) is 0 Å². The molecule has 1 aliphatic heterocycles. The average Bonchev–Trinajstić information content (AvgIpc) is 2.39. The van der Waals surface area contributed by atoms with Crippen molar-refractivity contribution >= 4 is 5.69 Å². The summed E-state index contributed by atoms with van der Waals surface area (Å²) in [6.45, 7) is 0.885. The molecular formula is C15H16N2. The Kier molecular flexibility index (Phi) is 2.57. The Morgan fingerprint density at radius 2 is 1.71 bits per heavy atom. The summed E-state index contributed by atoms with van der Waals surface area (Å²) in [6, 6.07) is 19.6. The van der Waals surface area contributed by atoms with Crippen molar-refractivity contribution in [2.45, 2.75) is 6.04 Å². The van der Waals surface area contributed by atoms with E-state index in [9.17, 15) is 0 Å². The van der Waals surface area contributed by atoms with Crippen LogP contribution in [0.2, 0.25) is 0 Å². The standard InChI is InChI=1S/C15H16N2/c1-17-11-16-14-10-6-5-9-13(14)15(17)12-7-3-2-4-8-12/h2-10,15-16H,11H2,1H3. The molecule has 2 nitrogen and oxygen atoms in total. The van der Waals surface area contributed by atoms with Crippen LogP contribution in [0.4, 0.5) is 5.69 Å². The van der Waals surface area contributed by atoms with Crippen molar-refractivity contribution in [3.05, 3.63) is 65.7 Å².